The molecule has 0 fully saturated rings. The Hall–Kier alpha value is -1.85. The van der Waals surface area contributed by atoms with Crippen LogP contribution in [0.3, 0.4) is 0 Å². The number of benzene rings is 2. The molecule has 0 radical (unpaired) electrons. The molecule has 102 valence electrons. The molecule has 2 rings (SSSR count). The van der Waals surface area contributed by atoms with E-state index in [4.69, 9.17) is 11.6 Å². The van der Waals surface area contributed by atoms with E-state index in [1.807, 2.05) is 24.3 Å². The number of phenols is 1. The van der Waals surface area contributed by atoms with Gasteiger partial charge in [-0.25, -0.2) is 5.43 Å². The summed E-state index contributed by atoms with van der Waals surface area (Å²) in [5, 5.41) is 13.8. The Morgan fingerprint density at radius 1 is 1.30 bits per heavy atom. The van der Waals surface area contributed by atoms with Crippen LogP contribution in [0.15, 0.2) is 52.0 Å². The normalized spacial score (nSPS) is 10.7. The Kier molecular flexibility index (Phi) is 4.76. The third-order valence-electron chi connectivity index (χ3n) is 2.43. The van der Waals surface area contributed by atoms with Crippen LogP contribution < -0.4 is 5.43 Å². The molecule has 0 saturated carbocycles. The minimum absolute atomic E-state index is 0.0730. The average Bonchev–Trinajstić information content (AvgIpc) is 2.41. The number of hydrazone groups is 1. The van der Waals surface area contributed by atoms with E-state index in [-0.39, 0.29) is 11.3 Å². The standard InChI is InChI=1S/C14H10BrClN2O2/c15-10-3-1-2-9(6-10)8-17-18-14(20)12-7-11(16)4-5-13(12)19/h1-8,19H,(H,18,20)/b17-8+. The third-order valence-corrected chi connectivity index (χ3v) is 3.16. The van der Waals surface area contributed by atoms with Crippen molar-refractivity contribution >= 4 is 39.7 Å². The van der Waals surface area contributed by atoms with Crippen molar-refractivity contribution in [3.05, 3.63) is 63.1 Å². The molecule has 0 bridgehead atoms. The van der Waals surface area contributed by atoms with E-state index in [0.717, 1.165) is 10.0 Å². The van der Waals surface area contributed by atoms with Crippen LogP contribution in [0.1, 0.15) is 15.9 Å². The summed E-state index contributed by atoms with van der Waals surface area (Å²) in [5.74, 6) is -0.680. The highest BCUT2D eigenvalue weighted by Crippen LogP contribution is 2.21. The number of nitrogens with one attached hydrogen (secondary N) is 1. The van der Waals surface area contributed by atoms with Crippen LogP contribution in [0.4, 0.5) is 0 Å². The van der Waals surface area contributed by atoms with Crippen molar-refractivity contribution in [3.8, 4) is 5.75 Å². The SMILES string of the molecule is O=C(N/N=C/c1cccc(Br)c1)c1cc(Cl)ccc1O. The lowest BCUT2D eigenvalue weighted by Crippen LogP contribution is -2.17. The molecule has 2 N–H and O–H groups in total. The van der Waals surface area contributed by atoms with Gasteiger partial charge in [-0.15, -0.1) is 0 Å². The molecular weight excluding hydrogens is 344 g/mol. The number of halogens is 2. The summed E-state index contributed by atoms with van der Waals surface area (Å²) in [7, 11) is 0. The molecule has 1 amide bonds. The second-order valence-electron chi connectivity index (χ2n) is 3.92. The predicted molar refractivity (Wildman–Crippen MR) is 82.3 cm³/mol. The average molecular weight is 354 g/mol. The van der Waals surface area contributed by atoms with Gasteiger partial charge in [0.2, 0.25) is 0 Å². The van der Waals surface area contributed by atoms with Gasteiger partial charge in [-0.2, -0.15) is 5.10 Å². The first-order valence-corrected chi connectivity index (χ1v) is 6.81. The molecule has 2 aromatic rings. The quantitative estimate of drug-likeness (QED) is 0.654. The van der Waals surface area contributed by atoms with Gasteiger partial charge < -0.3 is 5.11 Å². The lowest BCUT2D eigenvalue weighted by Gasteiger charge is -2.03. The number of hydrogen-bond acceptors (Lipinski definition) is 3. The van der Waals surface area contributed by atoms with Crippen LogP contribution in [0.5, 0.6) is 5.75 Å². The number of aromatic hydroxyl groups is 1. The largest absolute Gasteiger partial charge is 0.507 e. The molecule has 0 atom stereocenters. The maximum atomic E-state index is 11.8. The highest BCUT2D eigenvalue weighted by atomic mass is 79.9. The molecule has 0 heterocycles. The Morgan fingerprint density at radius 3 is 2.85 bits per heavy atom. The molecule has 0 aliphatic heterocycles. The number of nitrogens with zero attached hydrogens (tertiary/aromatic N) is 1. The first-order chi connectivity index (χ1) is 9.56. The predicted octanol–water partition coefficient (Wildman–Crippen LogP) is 3.57. The molecule has 0 aromatic heterocycles. The highest BCUT2D eigenvalue weighted by Gasteiger charge is 2.10. The summed E-state index contributed by atoms with van der Waals surface area (Å²) in [6.45, 7) is 0. The van der Waals surface area contributed by atoms with Crippen LogP contribution >= 0.6 is 27.5 Å². The third kappa shape index (κ3) is 3.82. The van der Waals surface area contributed by atoms with Crippen LogP contribution in [0.2, 0.25) is 5.02 Å². The van der Waals surface area contributed by atoms with Crippen molar-refractivity contribution in [3.63, 3.8) is 0 Å². The van der Waals surface area contributed by atoms with Crippen molar-refractivity contribution in [2.75, 3.05) is 0 Å². The van der Waals surface area contributed by atoms with Crippen molar-refractivity contribution in [2.24, 2.45) is 5.10 Å². The molecule has 2 aromatic carbocycles. The van der Waals surface area contributed by atoms with Crippen molar-refractivity contribution in [2.45, 2.75) is 0 Å². The first-order valence-electron chi connectivity index (χ1n) is 5.64. The Bertz CT molecular complexity index is 674. The molecule has 6 heteroatoms. The summed E-state index contributed by atoms with van der Waals surface area (Å²) in [6.07, 6.45) is 1.50. The Morgan fingerprint density at radius 2 is 2.10 bits per heavy atom. The number of amides is 1. The van der Waals surface area contributed by atoms with Gasteiger partial charge in [0.15, 0.2) is 0 Å². The molecule has 0 saturated heterocycles. The monoisotopic (exact) mass is 352 g/mol. The van der Waals surface area contributed by atoms with Gasteiger partial charge in [0.1, 0.15) is 5.75 Å². The molecule has 4 nitrogen and oxygen atoms in total. The number of rotatable bonds is 3. The summed E-state index contributed by atoms with van der Waals surface area (Å²) in [5.41, 5.74) is 3.23. The van der Waals surface area contributed by atoms with E-state index in [0.29, 0.717) is 5.02 Å². The Balaban J connectivity index is 2.07. The molecule has 0 aliphatic carbocycles. The van der Waals surface area contributed by atoms with Crippen LogP contribution in [0.25, 0.3) is 0 Å². The summed E-state index contributed by atoms with van der Waals surface area (Å²) in [6, 6.07) is 11.7. The maximum Gasteiger partial charge on any atom is 0.275 e. The lowest BCUT2D eigenvalue weighted by atomic mass is 10.2. The lowest BCUT2D eigenvalue weighted by molar-refractivity contribution is 0.0952. The number of carbonyl (C=O) groups is 1. The topological polar surface area (TPSA) is 61.7 Å². The van der Waals surface area contributed by atoms with Gasteiger partial charge in [-0.3, -0.25) is 4.79 Å². The zero-order valence-electron chi connectivity index (χ0n) is 10.2. The van der Waals surface area contributed by atoms with Gasteiger partial charge in [0.25, 0.3) is 5.91 Å². The fourth-order valence-electron chi connectivity index (χ4n) is 1.50. The summed E-state index contributed by atoms with van der Waals surface area (Å²) < 4.78 is 0.917. The second-order valence-corrected chi connectivity index (χ2v) is 5.27. The van der Waals surface area contributed by atoms with Crippen molar-refractivity contribution in [1.82, 2.24) is 5.43 Å². The van der Waals surface area contributed by atoms with Gasteiger partial charge in [-0.05, 0) is 35.9 Å². The Labute approximate surface area is 129 Å². The molecule has 0 unspecified atom stereocenters. The maximum absolute atomic E-state index is 11.8. The van der Waals surface area contributed by atoms with E-state index < -0.39 is 5.91 Å². The molecule has 20 heavy (non-hydrogen) atoms. The molecule has 0 aliphatic rings. The van der Waals surface area contributed by atoms with Crippen LogP contribution in [0, 0.1) is 0 Å². The van der Waals surface area contributed by atoms with E-state index >= 15 is 0 Å². The zero-order valence-corrected chi connectivity index (χ0v) is 12.5. The van der Waals surface area contributed by atoms with Gasteiger partial charge in [0, 0.05) is 9.50 Å². The minimum atomic E-state index is -0.531. The fraction of sp³-hybridized carbons (Fsp3) is 0. The van der Waals surface area contributed by atoms with Gasteiger partial charge in [-0.1, -0.05) is 39.7 Å². The highest BCUT2D eigenvalue weighted by molar-refractivity contribution is 9.10. The minimum Gasteiger partial charge on any atom is -0.507 e. The van der Waals surface area contributed by atoms with Crippen molar-refractivity contribution < 1.29 is 9.90 Å². The van der Waals surface area contributed by atoms with Crippen LogP contribution in [-0.2, 0) is 0 Å². The van der Waals surface area contributed by atoms with Gasteiger partial charge in [0.05, 0.1) is 11.8 Å². The fourth-order valence-corrected chi connectivity index (χ4v) is 2.09. The number of hydrogen-bond donors (Lipinski definition) is 2. The summed E-state index contributed by atoms with van der Waals surface area (Å²) >= 11 is 9.11. The molecule has 0 spiro atoms. The molecular formula is C14H10BrClN2O2. The zero-order chi connectivity index (χ0) is 14.5. The number of carbonyl (C=O) groups excluding carboxylic acids is 1. The van der Waals surface area contributed by atoms with E-state index in [1.165, 1.54) is 24.4 Å². The van der Waals surface area contributed by atoms with E-state index in [2.05, 4.69) is 26.5 Å². The number of phenolic OH excluding ortho intramolecular Hbond substituents is 1. The second kappa shape index (κ2) is 6.54. The van der Waals surface area contributed by atoms with E-state index in [9.17, 15) is 9.90 Å². The summed E-state index contributed by atoms with van der Waals surface area (Å²) in [4.78, 5) is 11.8. The first kappa shape index (κ1) is 14.6. The van der Waals surface area contributed by atoms with Crippen molar-refractivity contribution in [1.29, 1.82) is 0 Å². The van der Waals surface area contributed by atoms with E-state index in [1.54, 1.807) is 0 Å². The smallest absolute Gasteiger partial charge is 0.275 e. The van der Waals surface area contributed by atoms with Gasteiger partial charge >= 0.3 is 0 Å². The van der Waals surface area contributed by atoms with Crippen LogP contribution in [-0.4, -0.2) is 17.2 Å².